The van der Waals surface area contributed by atoms with Gasteiger partial charge in [0, 0.05) is 15.7 Å². The Balaban J connectivity index is 2.48. The molecule has 0 spiro atoms. The maximum atomic E-state index is 12.4. The molecule has 1 aromatic heterocycles. The van der Waals surface area contributed by atoms with Gasteiger partial charge in [0.25, 0.3) is 5.56 Å². The molecule has 1 aromatic carbocycles. The van der Waals surface area contributed by atoms with E-state index < -0.39 is 5.56 Å². The zero-order valence-electron chi connectivity index (χ0n) is 13.8. The number of hydrogen-bond donors (Lipinski definition) is 0. The van der Waals surface area contributed by atoms with Crippen LogP contribution in [0.15, 0.2) is 38.6 Å². The molecule has 124 valence electrons. The van der Waals surface area contributed by atoms with E-state index in [0.29, 0.717) is 23.6 Å². The standard InChI is InChI=1S/C18H18BrN3O2/c1-4-7-24-17-6-5-15(19)9-14(17)11-21-22-13(3)8-12(2)16(10-20)18(22)23/h5-6,8-9,11H,4,7H2,1-3H3/b21-11-. The van der Waals surface area contributed by atoms with Crippen molar-refractivity contribution in [1.82, 2.24) is 4.68 Å². The number of hydrogen-bond acceptors (Lipinski definition) is 4. The lowest BCUT2D eigenvalue weighted by molar-refractivity contribution is 0.317. The van der Waals surface area contributed by atoms with Crippen LogP contribution in [0.3, 0.4) is 0 Å². The molecule has 0 atom stereocenters. The average Bonchev–Trinajstić information content (AvgIpc) is 2.54. The molecule has 24 heavy (non-hydrogen) atoms. The quantitative estimate of drug-likeness (QED) is 0.733. The second kappa shape index (κ2) is 7.93. The van der Waals surface area contributed by atoms with E-state index in [1.165, 1.54) is 4.68 Å². The van der Waals surface area contributed by atoms with Crippen LogP contribution in [0.5, 0.6) is 5.75 Å². The predicted molar refractivity (Wildman–Crippen MR) is 97.8 cm³/mol. The van der Waals surface area contributed by atoms with E-state index in [-0.39, 0.29) is 5.56 Å². The van der Waals surface area contributed by atoms with Crippen LogP contribution in [0.4, 0.5) is 0 Å². The van der Waals surface area contributed by atoms with Gasteiger partial charge in [-0.05, 0) is 50.1 Å². The number of nitriles is 1. The predicted octanol–water partition coefficient (Wildman–Crippen LogP) is 3.77. The highest BCUT2D eigenvalue weighted by Gasteiger charge is 2.09. The maximum Gasteiger partial charge on any atom is 0.289 e. The average molecular weight is 388 g/mol. The number of aromatic nitrogens is 1. The fourth-order valence-electron chi connectivity index (χ4n) is 2.24. The molecule has 0 saturated heterocycles. The van der Waals surface area contributed by atoms with E-state index in [1.807, 2.05) is 31.2 Å². The Morgan fingerprint density at radius 3 is 2.79 bits per heavy atom. The first-order valence-electron chi connectivity index (χ1n) is 7.58. The van der Waals surface area contributed by atoms with Crippen molar-refractivity contribution in [3.05, 3.63) is 61.5 Å². The Morgan fingerprint density at radius 2 is 2.12 bits per heavy atom. The minimum Gasteiger partial charge on any atom is -0.493 e. The van der Waals surface area contributed by atoms with E-state index in [1.54, 1.807) is 26.1 Å². The highest BCUT2D eigenvalue weighted by molar-refractivity contribution is 9.10. The molecule has 0 N–H and O–H groups in total. The van der Waals surface area contributed by atoms with Gasteiger partial charge in [0.05, 0.1) is 12.8 Å². The largest absolute Gasteiger partial charge is 0.493 e. The van der Waals surface area contributed by atoms with E-state index in [2.05, 4.69) is 21.0 Å². The smallest absolute Gasteiger partial charge is 0.289 e. The lowest BCUT2D eigenvalue weighted by atomic mass is 10.1. The topological polar surface area (TPSA) is 67.4 Å². The van der Waals surface area contributed by atoms with Gasteiger partial charge in [-0.15, -0.1) is 0 Å². The van der Waals surface area contributed by atoms with Crippen LogP contribution in [-0.2, 0) is 0 Å². The van der Waals surface area contributed by atoms with Crippen molar-refractivity contribution in [2.45, 2.75) is 27.2 Å². The Bertz CT molecular complexity index is 879. The van der Waals surface area contributed by atoms with E-state index in [0.717, 1.165) is 16.5 Å². The first kappa shape index (κ1) is 18.0. The normalized spacial score (nSPS) is 10.8. The summed E-state index contributed by atoms with van der Waals surface area (Å²) < 4.78 is 7.82. The summed E-state index contributed by atoms with van der Waals surface area (Å²) in [5, 5.41) is 13.4. The third-order valence-electron chi connectivity index (χ3n) is 3.42. The fraction of sp³-hybridized carbons (Fsp3) is 0.278. The van der Waals surface area contributed by atoms with Gasteiger partial charge >= 0.3 is 0 Å². The van der Waals surface area contributed by atoms with Crippen molar-refractivity contribution < 1.29 is 4.74 Å². The van der Waals surface area contributed by atoms with Gasteiger partial charge < -0.3 is 4.74 Å². The van der Waals surface area contributed by atoms with Crippen LogP contribution in [0.25, 0.3) is 0 Å². The van der Waals surface area contributed by atoms with Gasteiger partial charge in [-0.25, -0.2) is 4.68 Å². The highest BCUT2D eigenvalue weighted by atomic mass is 79.9. The molecule has 1 heterocycles. The lowest BCUT2D eigenvalue weighted by Crippen LogP contribution is -2.22. The molecule has 0 aliphatic rings. The zero-order valence-corrected chi connectivity index (χ0v) is 15.4. The summed E-state index contributed by atoms with van der Waals surface area (Å²) in [6, 6.07) is 9.32. The third kappa shape index (κ3) is 3.92. The van der Waals surface area contributed by atoms with E-state index >= 15 is 0 Å². The number of aryl methyl sites for hydroxylation is 2. The summed E-state index contributed by atoms with van der Waals surface area (Å²) in [5.41, 5.74) is 1.76. The number of ether oxygens (including phenoxy) is 1. The second-order valence-electron chi connectivity index (χ2n) is 5.35. The van der Waals surface area contributed by atoms with Gasteiger partial charge in [0.1, 0.15) is 17.4 Å². The van der Waals surface area contributed by atoms with E-state index in [9.17, 15) is 4.79 Å². The van der Waals surface area contributed by atoms with Gasteiger partial charge in [-0.2, -0.15) is 10.4 Å². The summed E-state index contributed by atoms with van der Waals surface area (Å²) in [6.45, 7) is 6.16. The number of rotatable bonds is 5. The highest BCUT2D eigenvalue weighted by Crippen LogP contribution is 2.22. The van der Waals surface area contributed by atoms with Crippen molar-refractivity contribution in [1.29, 1.82) is 5.26 Å². The number of benzene rings is 1. The van der Waals surface area contributed by atoms with Crippen LogP contribution in [0.2, 0.25) is 0 Å². The van der Waals surface area contributed by atoms with Gasteiger partial charge in [0.2, 0.25) is 0 Å². The molecular weight excluding hydrogens is 370 g/mol. The molecule has 0 bridgehead atoms. The summed E-state index contributed by atoms with van der Waals surface area (Å²) in [5.74, 6) is 0.696. The molecule has 0 radical (unpaired) electrons. The van der Waals surface area contributed by atoms with Crippen molar-refractivity contribution >= 4 is 22.1 Å². The van der Waals surface area contributed by atoms with Crippen LogP contribution in [0, 0.1) is 25.2 Å². The summed E-state index contributed by atoms with van der Waals surface area (Å²) in [6.07, 6.45) is 2.47. The molecular formula is C18H18BrN3O2. The molecule has 2 aromatic rings. The van der Waals surface area contributed by atoms with Crippen molar-refractivity contribution in [3.8, 4) is 11.8 Å². The molecule has 0 saturated carbocycles. The van der Waals surface area contributed by atoms with Crippen LogP contribution < -0.4 is 10.3 Å². The first-order valence-corrected chi connectivity index (χ1v) is 8.37. The Kier molecular flexibility index (Phi) is 5.93. The zero-order chi connectivity index (χ0) is 17.7. The SMILES string of the molecule is CCCOc1ccc(Br)cc1/C=N\n1c(C)cc(C)c(C#N)c1=O. The first-order chi connectivity index (χ1) is 11.5. The molecule has 0 fully saturated rings. The van der Waals surface area contributed by atoms with Gasteiger partial charge in [-0.1, -0.05) is 22.9 Å². The Labute approximate surface area is 149 Å². The van der Waals surface area contributed by atoms with Crippen molar-refractivity contribution in [3.63, 3.8) is 0 Å². The number of nitrogens with zero attached hydrogens (tertiary/aromatic N) is 3. The number of halogens is 1. The summed E-state index contributed by atoms with van der Waals surface area (Å²) in [4.78, 5) is 12.4. The van der Waals surface area contributed by atoms with Gasteiger partial charge in [0.15, 0.2) is 0 Å². The van der Waals surface area contributed by atoms with E-state index in [4.69, 9.17) is 10.00 Å². The maximum absolute atomic E-state index is 12.4. The van der Waals surface area contributed by atoms with Crippen LogP contribution in [-0.4, -0.2) is 17.5 Å². The molecule has 0 unspecified atom stereocenters. The number of pyridine rings is 1. The monoisotopic (exact) mass is 387 g/mol. The van der Waals surface area contributed by atoms with Crippen LogP contribution in [0.1, 0.15) is 35.7 Å². The molecule has 0 aliphatic heterocycles. The molecule has 5 nitrogen and oxygen atoms in total. The molecule has 0 aliphatic carbocycles. The fourth-order valence-corrected chi connectivity index (χ4v) is 2.62. The minimum absolute atomic E-state index is 0.106. The van der Waals surface area contributed by atoms with Crippen molar-refractivity contribution in [2.75, 3.05) is 6.61 Å². The third-order valence-corrected chi connectivity index (χ3v) is 3.91. The minimum atomic E-state index is -0.419. The van der Waals surface area contributed by atoms with Crippen LogP contribution >= 0.6 is 15.9 Å². The summed E-state index contributed by atoms with van der Waals surface area (Å²) >= 11 is 3.42. The van der Waals surface area contributed by atoms with Gasteiger partial charge in [-0.3, -0.25) is 4.79 Å². The lowest BCUT2D eigenvalue weighted by Gasteiger charge is -2.09. The van der Waals surface area contributed by atoms with Crippen molar-refractivity contribution in [2.24, 2.45) is 5.10 Å². The molecule has 0 amide bonds. The second-order valence-corrected chi connectivity index (χ2v) is 6.26. The summed E-state index contributed by atoms with van der Waals surface area (Å²) in [7, 11) is 0. The molecule has 2 rings (SSSR count). The molecule has 6 heteroatoms. The Hall–Kier alpha value is -2.39. The Morgan fingerprint density at radius 1 is 1.38 bits per heavy atom.